The molecule has 0 atom stereocenters. The van der Waals surface area contributed by atoms with Gasteiger partial charge in [-0.1, -0.05) is 48.5 Å². The lowest BCUT2D eigenvalue weighted by molar-refractivity contribution is -0.385. The van der Waals surface area contributed by atoms with Crippen molar-refractivity contribution in [2.24, 2.45) is 0 Å². The van der Waals surface area contributed by atoms with Crippen molar-refractivity contribution in [1.82, 2.24) is 4.31 Å². The van der Waals surface area contributed by atoms with Crippen LogP contribution in [-0.4, -0.2) is 43.8 Å². The number of nitro groups is 1. The van der Waals surface area contributed by atoms with Gasteiger partial charge in [0.25, 0.3) is 5.69 Å². The van der Waals surface area contributed by atoms with Crippen molar-refractivity contribution in [3.05, 3.63) is 100 Å². The van der Waals surface area contributed by atoms with Crippen molar-refractivity contribution in [3.8, 4) is 0 Å². The lowest BCUT2D eigenvalue weighted by atomic mass is 10.0. The van der Waals surface area contributed by atoms with Gasteiger partial charge >= 0.3 is 0 Å². The maximum absolute atomic E-state index is 12.8. The van der Waals surface area contributed by atoms with Crippen LogP contribution < -0.4 is 4.90 Å². The number of hydrogen-bond acceptors (Lipinski definition) is 5. The van der Waals surface area contributed by atoms with Gasteiger partial charge in [0.1, 0.15) is 0 Å². The van der Waals surface area contributed by atoms with E-state index in [9.17, 15) is 18.5 Å². The second kappa shape index (κ2) is 8.87. The molecule has 0 amide bonds. The third-order valence-electron chi connectivity index (χ3n) is 5.48. The SMILES string of the molecule is O=[N+]([O-])c1ccc(N2CCN(S(=O)(=O)c3ccccc3)CC2)cc1Cc1ccccc1. The molecule has 0 aliphatic carbocycles. The molecule has 0 N–H and O–H groups in total. The van der Waals surface area contributed by atoms with Crippen LogP contribution in [0.5, 0.6) is 0 Å². The Hall–Kier alpha value is -3.23. The van der Waals surface area contributed by atoms with Crippen LogP contribution in [0.3, 0.4) is 0 Å². The first-order valence-corrected chi connectivity index (χ1v) is 11.5. The van der Waals surface area contributed by atoms with Gasteiger partial charge in [-0.25, -0.2) is 8.42 Å². The minimum absolute atomic E-state index is 0.0953. The first-order valence-electron chi connectivity index (χ1n) is 10.1. The van der Waals surface area contributed by atoms with E-state index in [1.165, 1.54) is 4.31 Å². The van der Waals surface area contributed by atoms with Gasteiger partial charge in [0.2, 0.25) is 10.0 Å². The third kappa shape index (κ3) is 4.60. The number of piperazine rings is 1. The van der Waals surface area contributed by atoms with Crippen LogP contribution in [0.4, 0.5) is 11.4 Å². The minimum Gasteiger partial charge on any atom is -0.369 e. The Morgan fingerprint density at radius 1 is 0.839 bits per heavy atom. The molecular formula is C23H23N3O4S. The Balaban J connectivity index is 1.52. The molecular weight excluding hydrogens is 414 g/mol. The monoisotopic (exact) mass is 437 g/mol. The highest BCUT2D eigenvalue weighted by Gasteiger charge is 2.29. The van der Waals surface area contributed by atoms with Crippen LogP contribution in [0.15, 0.2) is 83.8 Å². The molecule has 1 saturated heterocycles. The lowest BCUT2D eigenvalue weighted by Gasteiger charge is -2.35. The molecule has 0 bridgehead atoms. The standard InChI is InChI=1S/C23H23N3O4S/c27-26(28)23-12-11-21(18-20(23)17-19-7-3-1-4-8-19)24-13-15-25(16-14-24)31(29,30)22-9-5-2-6-10-22/h1-12,18H,13-17H2. The number of nitro benzene ring substituents is 1. The molecule has 8 heteroatoms. The van der Waals surface area contributed by atoms with E-state index in [1.807, 2.05) is 36.4 Å². The number of benzene rings is 3. The Kier molecular flexibility index (Phi) is 6.01. The number of nitrogens with zero attached hydrogens (tertiary/aromatic N) is 3. The van der Waals surface area contributed by atoms with E-state index in [2.05, 4.69) is 4.90 Å². The van der Waals surface area contributed by atoms with Crippen molar-refractivity contribution in [3.63, 3.8) is 0 Å². The lowest BCUT2D eigenvalue weighted by Crippen LogP contribution is -2.48. The van der Waals surface area contributed by atoms with Crippen molar-refractivity contribution in [1.29, 1.82) is 0 Å². The van der Waals surface area contributed by atoms with Crippen LogP contribution in [0.1, 0.15) is 11.1 Å². The molecule has 0 saturated carbocycles. The van der Waals surface area contributed by atoms with E-state index in [1.54, 1.807) is 42.5 Å². The number of sulfonamides is 1. The number of rotatable bonds is 6. The summed E-state index contributed by atoms with van der Waals surface area (Å²) in [6.45, 7) is 1.77. The van der Waals surface area contributed by atoms with Gasteiger partial charge in [0.05, 0.1) is 9.82 Å². The molecule has 1 fully saturated rings. The van der Waals surface area contributed by atoms with Gasteiger partial charge < -0.3 is 4.90 Å². The van der Waals surface area contributed by atoms with Crippen LogP contribution in [-0.2, 0) is 16.4 Å². The number of hydrogen-bond donors (Lipinski definition) is 0. The second-order valence-electron chi connectivity index (χ2n) is 7.44. The molecule has 1 aliphatic rings. The molecule has 1 aliphatic heterocycles. The fraction of sp³-hybridized carbons (Fsp3) is 0.217. The molecule has 3 aromatic rings. The Morgan fingerprint density at radius 3 is 2.06 bits per heavy atom. The highest BCUT2D eigenvalue weighted by atomic mass is 32.2. The molecule has 7 nitrogen and oxygen atoms in total. The zero-order chi connectivity index (χ0) is 21.8. The van der Waals surface area contributed by atoms with Gasteiger partial charge in [-0.3, -0.25) is 10.1 Å². The van der Waals surface area contributed by atoms with Gasteiger partial charge in [0, 0.05) is 49.9 Å². The van der Waals surface area contributed by atoms with Gasteiger partial charge in [-0.05, 0) is 29.8 Å². The summed E-state index contributed by atoms with van der Waals surface area (Å²) in [4.78, 5) is 13.5. The maximum atomic E-state index is 12.8. The topological polar surface area (TPSA) is 83.8 Å². The Bertz CT molecular complexity index is 1160. The summed E-state index contributed by atoms with van der Waals surface area (Å²) in [5.41, 5.74) is 2.61. The molecule has 0 spiro atoms. The van der Waals surface area contributed by atoms with Gasteiger partial charge in [-0.15, -0.1) is 0 Å². The van der Waals surface area contributed by atoms with Crippen molar-refractivity contribution < 1.29 is 13.3 Å². The maximum Gasteiger partial charge on any atom is 0.273 e. The van der Waals surface area contributed by atoms with Gasteiger partial charge in [-0.2, -0.15) is 4.31 Å². The quantitative estimate of drug-likeness (QED) is 0.434. The van der Waals surface area contributed by atoms with Crippen LogP contribution in [0.2, 0.25) is 0 Å². The van der Waals surface area contributed by atoms with Crippen molar-refractivity contribution in [2.45, 2.75) is 11.3 Å². The van der Waals surface area contributed by atoms with E-state index in [-0.39, 0.29) is 10.6 Å². The molecule has 0 radical (unpaired) electrons. The summed E-state index contributed by atoms with van der Waals surface area (Å²) in [7, 11) is -3.52. The van der Waals surface area contributed by atoms with E-state index in [4.69, 9.17) is 0 Å². The smallest absolute Gasteiger partial charge is 0.273 e. The fourth-order valence-electron chi connectivity index (χ4n) is 3.83. The minimum atomic E-state index is -3.52. The summed E-state index contributed by atoms with van der Waals surface area (Å²) in [5, 5.41) is 11.5. The van der Waals surface area contributed by atoms with E-state index < -0.39 is 10.0 Å². The Labute approximate surface area is 181 Å². The highest BCUT2D eigenvalue weighted by Crippen LogP contribution is 2.28. The average Bonchev–Trinajstić information content (AvgIpc) is 2.80. The molecule has 1 heterocycles. The highest BCUT2D eigenvalue weighted by molar-refractivity contribution is 7.89. The summed E-state index contributed by atoms with van der Waals surface area (Å²) in [5.74, 6) is 0. The van der Waals surface area contributed by atoms with Crippen molar-refractivity contribution in [2.75, 3.05) is 31.1 Å². The van der Waals surface area contributed by atoms with Crippen LogP contribution in [0.25, 0.3) is 0 Å². The first kappa shape index (κ1) is 21.0. The summed E-state index contributed by atoms with van der Waals surface area (Å²) in [6, 6.07) is 23.2. The first-order chi connectivity index (χ1) is 14.9. The molecule has 31 heavy (non-hydrogen) atoms. The fourth-order valence-corrected chi connectivity index (χ4v) is 5.28. The predicted molar refractivity (Wildman–Crippen MR) is 120 cm³/mol. The normalized spacial score (nSPS) is 15.0. The summed E-state index contributed by atoms with van der Waals surface area (Å²) >= 11 is 0. The van der Waals surface area contributed by atoms with Crippen LogP contribution in [0, 0.1) is 10.1 Å². The Morgan fingerprint density at radius 2 is 1.45 bits per heavy atom. The van der Waals surface area contributed by atoms with Gasteiger partial charge in [0.15, 0.2) is 0 Å². The third-order valence-corrected chi connectivity index (χ3v) is 7.39. The summed E-state index contributed by atoms with van der Waals surface area (Å²) in [6.07, 6.45) is 0.466. The van der Waals surface area contributed by atoms with Crippen LogP contribution >= 0.6 is 0 Å². The predicted octanol–water partition coefficient (Wildman–Crippen LogP) is 3.70. The van der Waals surface area contributed by atoms with E-state index in [0.29, 0.717) is 43.1 Å². The van der Waals surface area contributed by atoms with Crippen molar-refractivity contribution >= 4 is 21.4 Å². The zero-order valence-electron chi connectivity index (χ0n) is 16.9. The van der Waals surface area contributed by atoms with E-state index >= 15 is 0 Å². The molecule has 0 aromatic heterocycles. The second-order valence-corrected chi connectivity index (χ2v) is 9.37. The summed E-state index contributed by atoms with van der Waals surface area (Å²) < 4.78 is 27.2. The van der Waals surface area contributed by atoms with E-state index in [0.717, 1.165) is 11.3 Å². The molecule has 3 aromatic carbocycles. The molecule has 4 rings (SSSR count). The zero-order valence-corrected chi connectivity index (χ0v) is 17.7. The number of anilines is 1. The molecule has 160 valence electrons. The molecule has 0 unspecified atom stereocenters. The largest absolute Gasteiger partial charge is 0.369 e. The average molecular weight is 438 g/mol.